The second-order valence-electron chi connectivity index (χ2n) is 4.01. The summed E-state index contributed by atoms with van der Waals surface area (Å²) in [4.78, 5) is 4.32. The van der Waals surface area contributed by atoms with Crippen molar-refractivity contribution in [3.63, 3.8) is 0 Å². The quantitative estimate of drug-likeness (QED) is 0.718. The fraction of sp³-hybridized carbons (Fsp3) is 0.545. The number of imidazole rings is 1. The summed E-state index contributed by atoms with van der Waals surface area (Å²) in [5.41, 5.74) is 7.33. The van der Waals surface area contributed by atoms with Gasteiger partial charge in [0.2, 0.25) is 0 Å². The first kappa shape index (κ1) is 9.46. The highest BCUT2D eigenvalue weighted by molar-refractivity contribution is 5.15. The van der Waals surface area contributed by atoms with Crippen molar-refractivity contribution in [1.29, 1.82) is 0 Å². The summed E-state index contributed by atoms with van der Waals surface area (Å²) < 4.78 is 2.07. The lowest BCUT2D eigenvalue weighted by Gasteiger charge is -2.17. The summed E-state index contributed by atoms with van der Waals surface area (Å²) in [6.45, 7) is 0. The zero-order valence-corrected chi connectivity index (χ0v) is 8.61. The van der Waals surface area contributed by atoms with Crippen LogP contribution in [0.15, 0.2) is 24.0 Å². The lowest BCUT2D eigenvalue weighted by molar-refractivity contribution is 0.611. The van der Waals surface area contributed by atoms with Crippen LogP contribution >= 0.6 is 0 Å². The molecule has 3 heteroatoms. The molecule has 2 rings (SSSR count). The van der Waals surface area contributed by atoms with Gasteiger partial charge >= 0.3 is 0 Å². The van der Waals surface area contributed by atoms with Gasteiger partial charge in [0, 0.05) is 31.9 Å². The minimum Gasteiger partial charge on any atom is -0.338 e. The Labute approximate surface area is 84.6 Å². The van der Waals surface area contributed by atoms with E-state index in [1.165, 1.54) is 18.4 Å². The number of nitrogens with two attached hydrogens (primary N) is 1. The first-order valence-electron chi connectivity index (χ1n) is 5.17. The maximum absolute atomic E-state index is 5.89. The molecule has 0 bridgehead atoms. The molecule has 0 amide bonds. The predicted molar refractivity (Wildman–Crippen MR) is 56.8 cm³/mol. The van der Waals surface area contributed by atoms with Gasteiger partial charge in [0.15, 0.2) is 0 Å². The van der Waals surface area contributed by atoms with Crippen LogP contribution in [0.5, 0.6) is 0 Å². The van der Waals surface area contributed by atoms with Crippen molar-refractivity contribution < 1.29 is 0 Å². The molecular weight excluding hydrogens is 174 g/mol. The summed E-state index contributed by atoms with van der Waals surface area (Å²) in [5.74, 6) is 1.13. The van der Waals surface area contributed by atoms with E-state index in [1.807, 2.05) is 19.4 Å². The summed E-state index contributed by atoms with van der Waals surface area (Å²) in [6, 6.07) is 0.263. The zero-order chi connectivity index (χ0) is 9.97. The number of hydrogen-bond acceptors (Lipinski definition) is 2. The van der Waals surface area contributed by atoms with E-state index < -0.39 is 0 Å². The Morgan fingerprint density at radius 2 is 2.50 bits per heavy atom. The van der Waals surface area contributed by atoms with E-state index in [1.54, 1.807) is 0 Å². The first-order valence-corrected chi connectivity index (χ1v) is 5.17. The standard InChI is InChI=1S/C11H17N3/c1-14-6-5-13-11(14)8-9-3-2-4-10(12)7-9/h5-7,10H,2-4,8,12H2,1H3. The van der Waals surface area contributed by atoms with Crippen molar-refractivity contribution >= 4 is 0 Å². The fourth-order valence-corrected chi connectivity index (χ4v) is 1.95. The maximum atomic E-state index is 5.89. The third kappa shape index (κ3) is 2.04. The molecule has 3 nitrogen and oxygen atoms in total. The minimum absolute atomic E-state index is 0.263. The average Bonchev–Trinajstić information content (AvgIpc) is 2.52. The molecule has 2 N–H and O–H groups in total. The molecule has 0 saturated carbocycles. The monoisotopic (exact) mass is 191 g/mol. The van der Waals surface area contributed by atoms with Crippen molar-refractivity contribution in [3.8, 4) is 0 Å². The van der Waals surface area contributed by atoms with Crippen molar-refractivity contribution in [2.45, 2.75) is 31.7 Å². The van der Waals surface area contributed by atoms with Crippen LogP contribution in [0.3, 0.4) is 0 Å². The van der Waals surface area contributed by atoms with Crippen LogP contribution < -0.4 is 5.73 Å². The largest absolute Gasteiger partial charge is 0.338 e. The van der Waals surface area contributed by atoms with Crippen LogP contribution in [0.1, 0.15) is 25.1 Å². The Morgan fingerprint density at radius 1 is 1.64 bits per heavy atom. The molecule has 0 radical (unpaired) electrons. The molecule has 0 fully saturated rings. The predicted octanol–water partition coefficient (Wildman–Crippen LogP) is 1.40. The molecule has 76 valence electrons. The van der Waals surface area contributed by atoms with E-state index in [4.69, 9.17) is 5.73 Å². The van der Waals surface area contributed by atoms with Gasteiger partial charge in [0.25, 0.3) is 0 Å². The number of rotatable bonds is 2. The molecule has 14 heavy (non-hydrogen) atoms. The van der Waals surface area contributed by atoms with Crippen LogP contribution in [0.2, 0.25) is 0 Å². The van der Waals surface area contributed by atoms with Gasteiger partial charge in [-0.25, -0.2) is 4.98 Å². The minimum atomic E-state index is 0.263. The Hall–Kier alpha value is -1.09. The SMILES string of the molecule is Cn1ccnc1CC1=CC(N)CCC1. The molecule has 0 aromatic carbocycles. The Morgan fingerprint density at radius 3 is 3.14 bits per heavy atom. The smallest absolute Gasteiger partial charge is 0.112 e. The third-order valence-corrected chi connectivity index (χ3v) is 2.79. The molecule has 1 aromatic rings. The lowest BCUT2D eigenvalue weighted by atomic mass is 9.94. The highest BCUT2D eigenvalue weighted by atomic mass is 15.0. The Kier molecular flexibility index (Phi) is 2.68. The van der Waals surface area contributed by atoms with Crippen LogP contribution in [-0.4, -0.2) is 15.6 Å². The van der Waals surface area contributed by atoms with E-state index >= 15 is 0 Å². The van der Waals surface area contributed by atoms with E-state index in [0.29, 0.717) is 0 Å². The van der Waals surface area contributed by atoms with Gasteiger partial charge in [-0.3, -0.25) is 0 Å². The maximum Gasteiger partial charge on any atom is 0.112 e. The van der Waals surface area contributed by atoms with E-state index in [-0.39, 0.29) is 6.04 Å². The van der Waals surface area contributed by atoms with Gasteiger partial charge in [-0.15, -0.1) is 0 Å². The highest BCUT2D eigenvalue weighted by Gasteiger charge is 2.11. The first-order chi connectivity index (χ1) is 6.75. The number of allylic oxidation sites excluding steroid dienone is 1. The molecule has 1 aliphatic rings. The second-order valence-corrected chi connectivity index (χ2v) is 4.01. The highest BCUT2D eigenvalue weighted by Crippen LogP contribution is 2.19. The number of nitrogens with zero attached hydrogens (tertiary/aromatic N) is 2. The van der Waals surface area contributed by atoms with Gasteiger partial charge in [0.05, 0.1) is 0 Å². The van der Waals surface area contributed by atoms with Gasteiger partial charge in [-0.05, 0) is 19.3 Å². The van der Waals surface area contributed by atoms with Gasteiger partial charge < -0.3 is 10.3 Å². The molecule has 0 saturated heterocycles. The summed E-state index contributed by atoms with van der Waals surface area (Å²) in [5, 5.41) is 0. The van der Waals surface area contributed by atoms with E-state index in [0.717, 1.165) is 18.7 Å². The van der Waals surface area contributed by atoms with Crippen LogP contribution in [0.25, 0.3) is 0 Å². The number of aromatic nitrogens is 2. The van der Waals surface area contributed by atoms with E-state index in [9.17, 15) is 0 Å². The van der Waals surface area contributed by atoms with Gasteiger partial charge in [-0.2, -0.15) is 0 Å². The van der Waals surface area contributed by atoms with Crippen LogP contribution in [-0.2, 0) is 13.5 Å². The van der Waals surface area contributed by atoms with Gasteiger partial charge in [-0.1, -0.05) is 11.6 Å². The van der Waals surface area contributed by atoms with E-state index in [2.05, 4.69) is 15.6 Å². The van der Waals surface area contributed by atoms with Crippen molar-refractivity contribution in [3.05, 3.63) is 29.9 Å². The average molecular weight is 191 g/mol. The Balaban J connectivity index is 2.07. The van der Waals surface area contributed by atoms with Crippen molar-refractivity contribution in [2.24, 2.45) is 12.8 Å². The van der Waals surface area contributed by atoms with Crippen molar-refractivity contribution in [2.75, 3.05) is 0 Å². The molecule has 1 atom stereocenters. The molecule has 0 aliphatic heterocycles. The van der Waals surface area contributed by atoms with Gasteiger partial charge in [0.1, 0.15) is 5.82 Å². The lowest BCUT2D eigenvalue weighted by Crippen LogP contribution is -2.21. The summed E-state index contributed by atoms with van der Waals surface area (Å²) in [6.07, 6.45) is 10.5. The number of aryl methyl sites for hydroxylation is 1. The zero-order valence-electron chi connectivity index (χ0n) is 8.61. The molecule has 0 spiro atoms. The molecule has 1 heterocycles. The summed E-state index contributed by atoms with van der Waals surface area (Å²) in [7, 11) is 2.03. The Bertz CT molecular complexity index is 338. The normalized spacial score (nSPS) is 22.1. The molecule has 1 aliphatic carbocycles. The van der Waals surface area contributed by atoms with Crippen molar-refractivity contribution in [1.82, 2.24) is 9.55 Å². The fourth-order valence-electron chi connectivity index (χ4n) is 1.95. The molecule has 1 unspecified atom stereocenters. The van der Waals surface area contributed by atoms with Crippen LogP contribution in [0.4, 0.5) is 0 Å². The van der Waals surface area contributed by atoms with Crippen LogP contribution in [0, 0.1) is 0 Å². The number of hydrogen-bond donors (Lipinski definition) is 1. The topological polar surface area (TPSA) is 43.8 Å². The second kappa shape index (κ2) is 3.96. The summed E-state index contributed by atoms with van der Waals surface area (Å²) >= 11 is 0. The molecular formula is C11H17N3. The third-order valence-electron chi connectivity index (χ3n) is 2.79. The molecule has 1 aromatic heterocycles.